The number of hydrogen-bond donors (Lipinski definition) is 2. The molecule has 20 heavy (non-hydrogen) atoms. The van der Waals surface area contributed by atoms with Crippen molar-refractivity contribution < 1.29 is 4.79 Å². The van der Waals surface area contributed by atoms with E-state index in [4.69, 9.17) is 5.73 Å². The van der Waals surface area contributed by atoms with Gasteiger partial charge in [0.25, 0.3) is 5.91 Å². The van der Waals surface area contributed by atoms with Crippen LogP contribution in [-0.2, 0) is 0 Å². The second-order valence-corrected chi connectivity index (χ2v) is 6.21. The third-order valence-electron chi connectivity index (χ3n) is 4.93. The predicted octanol–water partition coefficient (Wildman–Crippen LogP) is 3.44. The lowest BCUT2D eigenvalue weighted by molar-refractivity contribution is 0.0926. The zero-order chi connectivity index (χ0) is 14.9. The fourth-order valence-corrected chi connectivity index (χ4v) is 3.39. The highest BCUT2D eigenvalue weighted by atomic mass is 16.1. The van der Waals surface area contributed by atoms with E-state index in [0.29, 0.717) is 23.2 Å². The largest absolute Gasteiger partial charge is 0.398 e. The van der Waals surface area contributed by atoms with Gasteiger partial charge >= 0.3 is 0 Å². The highest BCUT2D eigenvalue weighted by Crippen LogP contribution is 2.34. The fourth-order valence-electron chi connectivity index (χ4n) is 3.39. The van der Waals surface area contributed by atoms with E-state index in [1.54, 1.807) is 6.07 Å². The van der Waals surface area contributed by atoms with E-state index in [1.165, 1.54) is 12.8 Å². The Kier molecular flexibility index (Phi) is 4.36. The molecule has 0 heterocycles. The van der Waals surface area contributed by atoms with Crippen LogP contribution >= 0.6 is 0 Å². The standard InChI is InChI=1S/C17H26N2O/c1-5-13-6-7-16(12(13)4)19-17(20)14-9-15(18)11(3)8-10(14)2/h8-9,12-13,16H,5-7,18H2,1-4H3,(H,19,20). The van der Waals surface area contributed by atoms with E-state index < -0.39 is 0 Å². The quantitative estimate of drug-likeness (QED) is 0.830. The van der Waals surface area contributed by atoms with E-state index in [0.717, 1.165) is 23.5 Å². The first-order chi connectivity index (χ1) is 9.43. The van der Waals surface area contributed by atoms with Crippen LogP contribution in [0, 0.1) is 25.7 Å². The van der Waals surface area contributed by atoms with E-state index >= 15 is 0 Å². The maximum absolute atomic E-state index is 12.5. The third kappa shape index (κ3) is 2.82. The molecule has 3 N–H and O–H groups in total. The van der Waals surface area contributed by atoms with Crippen LogP contribution in [0.1, 0.15) is 54.6 Å². The Bertz CT molecular complexity index is 510. The molecule has 1 aromatic rings. The Morgan fingerprint density at radius 1 is 1.30 bits per heavy atom. The number of benzene rings is 1. The van der Waals surface area contributed by atoms with Gasteiger partial charge < -0.3 is 11.1 Å². The Balaban J connectivity index is 2.11. The number of amides is 1. The van der Waals surface area contributed by atoms with Gasteiger partial charge in [0, 0.05) is 17.3 Å². The summed E-state index contributed by atoms with van der Waals surface area (Å²) in [5.74, 6) is 1.32. The number of nitrogens with two attached hydrogens (primary N) is 1. The summed E-state index contributed by atoms with van der Waals surface area (Å²) in [5, 5.41) is 3.20. The molecule has 110 valence electrons. The number of hydrogen-bond acceptors (Lipinski definition) is 2. The molecule has 3 unspecified atom stereocenters. The van der Waals surface area contributed by atoms with Gasteiger partial charge in [-0.25, -0.2) is 0 Å². The number of carbonyl (C=O) groups excluding carboxylic acids is 1. The number of nitrogen functional groups attached to an aromatic ring is 1. The maximum atomic E-state index is 12.5. The average Bonchev–Trinajstić information content (AvgIpc) is 2.74. The molecule has 3 atom stereocenters. The summed E-state index contributed by atoms with van der Waals surface area (Å²) < 4.78 is 0. The SMILES string of the molecule is CCC1CCC(NC(=O)c2cc(N)c(C)cc2C)C1C. The summed E-state index contributed by atoms with van der Waals surface area (Å²) in [5.41, 5.74) is 9.34. The van der Waals surface area contributed by atoms with Gasteiger partial charge in [0.05, 0.1) is 0 Å². The van der Waals surface area contributed by atoms with Crippen molar-refractivity contribution in [1.82, 2.24) is 5.32 Å². The molecule has 0 saturated heterocycles. The highest BCUT2D eigenvalue weighted by molar-refractivity contribution is 5.97. The minimum atomic E-state index is 0.0165. The lowest BCUT2D eigenvalue weighted by Gasteiger charge is -2.21. The van der Waals surface area contributed by atoms with Gasteiger partial charge in [-0.1, -0.05) is 26.3 Å². The third-order valence-corrected chi connectivity index (χ3v) is 4.93. The molecule has 3 heteroatoms. The average molecular weight is 274 g/mol. The van der Waals surface area contributed by atoms with Crippen molar-refractivity contribution in [3.8, 4) is 0 Å². The molecule has 0 aliphatic heterocycles. The Hall–Kier alpha value is -1.51. The van der Waals surface area contributed by atoms with Crippen LogP contribution in [0.3, 0.4) is 0 Å². The summed E-state index contributed by atoms with van der Waals surface area (Å²) >= 11 is 0. The lowest BCUT2D eigenvalue weighted by atomic mass is 9.93. The predicted molar refractivity (Wildman–Crippen MR) is 83.8 cm³/mol. The van der Waals surface area contributed by atoms with E-state index in [2.05, 4.69) is 19.2 Å². The molecule has 1 aliphatic rings. The van der Waals surface area contributed by atoms with Crippen LogP contribution in [0.15, 0.2) is 12.1 Å². The van der Waals surface area contributed by atoms with Crippen molar-refractivity contribution in [2.45, 2.75) is 53.0 Å². The molecular weight excluding hydrogens is 248 g/mol. The molecule has 0 spiro atoms. The van der Waals surface area contributed by atoms with Crippen LogP contribution in [0.4, 0.5) is 5.69 Å². The highest BCUT2D eigenvalue weighted by Gasteiger charge is 2.32. The van der Waals surface area contributed by atoms with Crippen molar-refractivity contribution in [3.63, 3.8) is 0 Å². The van der Waals surface area contributed by atoms with Crippen molar-refractivity contribution in [2.75, 3.05) is 5.73 Å². The van der Waals surface area contributed by atoms with Gasteiger partial charge in [-0.15, -0.1) is 0 Å². The molecule has 0 aromatic heterocycles. The van der Waals surface area contributed by atoms with E-state index in [9.17, 15) is 4.79 Å². The van der Waals surface area contributed by atoms with Gasteiger partial charge in [0.2, 0.25) is 0 Å². The first kappa shape index (κ1) is 14.9. The van der Waals surface area contributed by atoms with Crippen molar-refractivity contribution >= 4 is 11.6 Å². The molecule has 1 saturated carbocycles. The molecule has 2 rings (SSSR count). The van der Waals surface area contributed by atoms with Gasteiger partial charge in [-0.2, -0.15) is 0 Å². The van der Waals surface area contributed by atoms with Gasteiger partial charge in [-0.05, 0) is 55.7 Å². The summed E-state index contributed by atoms with van der Waals surface area (Å²) in [4.78, 5) is 12.5. The molecule has 1 aromatic carbocycles. The smallest absolute Gasteiger partial charge is 0.251 e. The number of carbonyl (C=O) groups is 1. The zero-order valence-corrected chi connectivity index (χ0v) is 13.0. The van der Waals surface area contributed by atoms with Crippen LogP contribution in [0.2, 0.25) is 0 Å². The summed E-state index contributed by atoms with van der Waals surface area (Å²) in [6.45, 7) is 8.42. The molecule has 0 radical (unpaired) electrons. The normalized spacial score (nSPS) is 25.7. The minimum absolute atomic E-state index is 0.0165. The van der Waals surface area contributed by atoms with Crippen LogP contribution < -0.4 is 11.1 Å². The summed E-state index contributed by atoms with van der Waals surface area (Å²) in [6, 6.07) is 4.09. The minimum Gasteiger partial charge on any atom is -0.398 e. The van der Waals surface area contributed by atoms with Crippen LogP contribution in [0.5, 0.6) is 0 Å². The molecular formula is C17H26N2O. The van der Waals surface area contributed by atoms with Crippen molar-refractivity contribution in [3.05, 3.63) is 28.8 Å². The zero-order valence-electron chi connectivity index (χ0n) is 13.0. The van der Waals surface area contributed by atoms with Gasteiger partial charge in [0.15, 0.2) is 0 Å². The second-order valence-electron chi connectivity index (χ2n) is 6.21. The Labute approximate surface area is 121 Å². The van der Waals surface area contributed by atoms with Crippen LogP contribution in [0.25, 0.3) is 0 Å². The fraction of sp³-hybridized carbons (Fsp3) is 0.588. The second kappa shape index (κ2) is 5.86. The van der Waals surface area contributed by atoms with Gasteiger partial charge in [-0.3, -0.25) is 4.79 Å². The van der Waals surface area contributed by atoms with Crippen molar-refractivity contribution in [2.24, 2.45) is 11.8 Å². The van der Waals surface area contributed by atoms with Crippen LogP contribution in [-0.4, -0.2) is 11.9 Å². The maximum Gasteiger partial charge on any atom is 0.251 e. The number of anilines is 1. The number of nitrogens with one attached hydrogen (secondary N) is 1. The molecule has 1 amide bonds. The molecule has 1 fully saturated rings. The van der Waals surface area contributed by atoms with E-state index in [-0.39, 0.29) is 5.91 Å². The molecule has 0 bridgehead atoms. The summed E-state index contributed by atoms with van der Waals surface area (Å²) in [6.07, 6.45) is 3.51. The lowest BCUT2D eigenvalue weighted by Crippen LogP contribution is -2.37. The summed E-state index contributed by atoms with van der Waals surface area (Å²) in [7, 11) is 0. The van der Waals surface area contributed by atoms with Crippen molar-refractivity contribution in [1.29, 1.82) is 0 Å². The number of rotatable bonds is 3. The van der Waals surface area contributed by atoms with Gasteiger partial charge in [0.1, 0.15) is 0 Å². The molecule has 1 aliphatic carbocycles. The molecule has 3 nitrogen and oxygen atoms in total. The number of aryl methyl sites for hydroxylation is 2. The Morgan fingerprint density at radius 3 is 2.60 bits per heavy atom. The Morgan fingerprint density at radius 2 is 2.00 bits per heavy atom. The topological polar surface area (TPSA) is 55.1 Å². The first-order valence-electron chi connectivity index (χ1n) is 7.61. The monoisotopic (exact) mass is 274 g/mol. The first-order valence-corrected chi connectivity index (χ1v) is 7.61. The van der Waals surface area contributed by atoms with E-state index in [1.807, 2.05) is 19.9 Å².